The van der Waals surface area contributed by atoms with Crippen molar-refractivity contribution < 1.29 is 4.52 Å². The van der Waals surface area contributed by atoms with Crippen molar-refractivity contribution >= 4 is 0 Å². The van der Waals surface area contributed by atoms with E-state index in [1.165, 1.54) is 6.42 Å². The Balaban J connectivity index is 2.06. The van der Waals surface area contributed by atoms with Crippen LogP contribution in [0.25, 0.3) is 0 Å². The van der Waals surface area contributed by atoms with Crippen LogP contribution in [0.15, 0.2) is 4.52 Å². The number of aromatic nitrogens is 2. The van der Waals surface area contributed by atoms with Gasteiger partial charge >= 0.3 is 0 Å². The van der Waals surface area contributed by atoms with Crippen molar-refractivity contribution in [3.63, 3.8) is 0 Å². The smallest absolute Gasteiger partial charge is 0.231 e. The van der Waals surface area contributed by atoms with Crippen LogP contribution in [-0.4, -0.2) is 16.7 Å². The lowest BCUT2D eigenvalue weighted by molar-refractivity contribution is 0.286. The highest BCUT2D eigenvalue weighted by Crippen LogP contribution is 2.45. The summed E-state index contributed by atoms with van der Waals surface area (Å²) in [5, 5.41) is 4.09. The van der Waals surface area contributed by atoms with Gasteiger partial charge in [0.05, 0.1) is 5.92 Å². The van der Waals surface area contributed by atoms with E-state index < -0.39 is 0 Å². The Morgan fingerprint density at radius 1 is 1.47 bits per heavy atom. The number of hydrogen-bond donors (Lipinski definition) is 1. The Bertz CT molecular complexity index is 380. The average molecular weight is 237 g/mol. The molecular formula is C13H23N3O. The molecule has 96 valence electrons. The summed E-state index contributed by atoms with van der Waals surface area (Å²) in [6, 6.07) is 0. The molecule has 1 aliphatic rings. The maximum absolute atomic E-state index is 5.81. The predicted molar refractivity (Wildman–Crippen MR) is 66.7 cm³/mol. The summed E-state index contributed by atoms with van der Waals surface area (Å²) in [5.41, 5.74) is 6.04. The number of nitrogens with zero attached hydrogens (tertiary/aromatic N) is 2. The van der Waals surface area contributed by atoms with E-state index in [0.717, 1.165) is 18.1 Å². The van der Waals surface area contributed by atoms with Gasteiger partial charge in [-0.2, -0.15) is 4.98 Å². The fraction of sp³-hybridized carbons (Fsp3) is 0.846. The average Bonchev–Trinajstić information content (AvgIpc) is 2.78. The maximum Gasteiger partial charge on any atom is 0.231 e. The molecule has 0 spiro atoms. The molecule has 1 saturated carbocycles. The quantitative estimate of drug-likeness (QED) is 0.874. The van der Waals surface area contributed by atoms with Gasteiger partial charge in [0.2, 0.25) is 5.89 Å². The van der Waals surface area contributed by atoms with Crippen molar-refractivity contribution in [1.82, 2.24) is 10.1 Å². The molecule has 2 rings (SSSR count). The standard InChI is InChI=1S/C13H23N3O/c1-8-5-10(8)11-15-12(17-16-11)9(7-14)6-13(2,3)4/h8-10H,5-7,14H2,1-4H3. The molecule has 4 heteroatoms. The minimum Gasteiger partial charge on any atom is -0.339 e. The Morgan fingerprint density at radius 3 is 2.59 bits per heavy atom. The normalized spacial score (nSPS) is 25.9. The molecule has 0 saturated heterocycles. The van der Waals surface area contributed by atoms with Crippen molar-refractivity contribution in [2.45, 2.75) is 52.4 Å². The van der Waals surface area contributed by atoms with E-state index >= 15 is 0 Å². The topological polar surface area (TPSA) is 64.9 Å². The van der Waals surface area contributed by atoms with Crippen LogP contribution >= 0.6 is 0 Å². The van der Waals surface area contributed by atoms with Gasteiger partial charge in [-0.15, -0.1) is 0 Å². The van der Waals surface area contributed by atoms with Crippen LogP contribution < -0.4 is 5.73 Å². The summed E-state index contributed by atoms with van der Waals surface area (Å²) in [6.45, 7) is 9.40. The first-order valence-corrected chi connectivity index (χ1v) is 6.44. The van der Waals surface area contributed by atoms with Crippen LogP contribution in [0.1, 0.15) is 64.1 Å². The molecule has 1 aliphatic carbocycles. The zero-order valence-electron chi connectivity index (χ0n) is 11.2. The zero-order valence-corrected chi connectivity index (χ0v) is 11.2. The van der Waals surface area contributed by atoms with Gasteiger partial charge in [0.1, 0.15) is 0 Å². The molecule has 1 heterocycles. The van der Waals surface area contributed by atoms with Crippen LogP contribution in [0, 0.1) is 11.3 Å². The molecular weight excluding hydrogens is 214 g/mol. The van der Waals surface area contributed by atoms with Crippen LogP contribution in [0.2, 0.25) is 0 Å². The van der Waals surface area contributed by atoms with Crippen molar-refractivity contribution in [1.29, 1.82) is 0 Å². The van der Waals surface area contributed by atoms with E-state index in [1.807, 2.05) is 0 Å². The lowest BCUT2D eigenvalue weighted by Crippen LogP contribution is -2.19. The summed E-state index contributed by atoms with van der Waals surface area (Å²) >= 11 is 0. The Labute approximate surface area is 103 Å². The van der Waals surface area contributed by atoms with E-state index in [2.05, 4.69) is 37.8 Å². The Morgan fingerprint density at radius 2 is 2.12 bits per heavy atom. The fourth-order valence-corrected chi connectivity index (χ4v) is 2.26. The summed E-state index contributed by atoms with van der Waals surface area (Å²) in [4.78, 5) is 4.52. The molecule has 17 heavy (non-hydrogen) atoms. The van der Waals surface area contributed by atoms with Gasteiger partial charge < -0.3 is 10.3 Å². The van der Waals surface area contributed by atoms with E-state index in [1.54, 1.807) is 0 Å². The molecule has 2 N–H and O–H groups in total. The minimum absolute atomic E-state index is 0.185. The first-order chi connectivity index (χ1) is 7.90. The molecule has 0 bridgehead atoms. The molecule has 1 aromatic rings. The molecule has 3 atom stereocenters. The van der Waals surface area contributed by atoms with Crippen molar-refractivity contribution in [2.24, 2.45) is 17.1 Å². The fourth-order valence-electron chi connectivity index (χ4n) is 2.26. The summed E-state index contributed by atoms with van der Waals surface area (Å²) in [5.74, 6) is 3.00. The summed E-state index contributed by atoms with van der Waals surface area (Å²) in [7, 11) is 0. The van der Waals surface area contributed by atoms with Gasteiger partial charge in [0, 0.05) is 12.5 Å². The number of hydrogen-bond acceptors (Lipinski definition) is 4. The van der Waals surface area contributed by atoms with Crippen LogP contribution in [0.4, 0.5) is 0 Å². The summed E-state index contributed by atoms with van der Waals surface area (Å²) in [6.07, 6.45) is 2.16. The summed E-state index contributed by atoms with van der Waals surface area (Å²) < 4.78 is 5.37. The van der Waals surface area contributed by atoms with Crippen molar-refractivity contribution in [3.05, 3.63) is 11.7 Å². The SMILES string of the molecule is CC1CC1c1noc(C(CN)CC(C)(C)C)n1. The second kappa shape index (κ2) is 4.41. The van der Waals surface area contributed by atoms with E-state index in [0.29, 0.717) is 18.4 Å². The van der Waals surface area contributed by atoms with Crippen LogP contribution in [0.5, 0.6) is 0 Å². The van der Waals surface area contributed by atoms with E-state index in [9.17, 15) is 0 Å². The van der Waals surface area contributed by atoms with Gasteiger partial charge in [0.25, 0.3) is 0 Å². The second-order valence-corrected chi connectivity index (χ2v) is 6.51. The third-order valence-electron chi connectivity index (χ3n) is 3.39. The predicted octanol–water partition coefficient (Wildman–Crippen LogP) is 2.67. The zero-order chi connectivity index (χ0) is 12.6. The van der Waals surface area contributed by atoms with Crippen LogP contribution in [-0.2, 0) is 0 Å². The van der Waals surface area contributed by atoms with Gasteiger partial charge in [-0.25, -0.2) is 0 Å². The molecule has 0 amide bonds. The molecule has 1 fully saturated rings. The van der Waals surface area contributed by atoms with Gasteiger partial charge in [-0.3, -0.25) is 0 Å². The van der Waals surface area contributed by atoms with Crippen molar-refractivity contribution in [2.75, 3.05) is 6.54 Å². The first kappa shape index (κ1) is 12.6. The second-order valence-electron chi connectivity index (χ2n) is 6.51. The van der Waals surface area contributed by atoms with Gasteiger partial charge in [0.15, 0.2) is 5.82 Å². The Hall–Kier alpha value is -0.900. The molecule has 3 unspecified atom stereocenters. The number of rotatable bonds is 4. The highest BCUT2D eigenvalue weighted by molar-refractivity contribution is 5.09. The highest BCUT2D eigenvalue weighted by atomic mass is 16.5. The van der Waals surface area contributed by atoms with Crippen LogP contribution in [0.3, 0.4) is 0 Å². The third-order valence-corrected chi connectivity index (χ3v) is 3.39. The van der Waals surface area contributed by atoms with E-state index in [4.69, 9.17) is 10.3 Å². The van der Waals surface area contributed by atoms with E-state index in [-0.39, 0.29) is 11.3 Å². The minimum atomic E-state index is 0.185. The third kappa shape index (κ3) is 3.06. The molecule has 0 aliphatic heterocycles. The van der Waals surface area contributed by atoms with Gasteiger partial charge in [-0.05, 0) is 24.2 Å². The number of nitrogens with two attached hydrogens (primary N) is 1. The molecule has 0 aromatic carbocycles. The lowest BCUT2D eigenvalue weighted by atomic mass is 9.84. The molecule has 0 radical (unpaired) electrons. The molecule has 4 nitrogen and oxygen atoms in total. The monoisotopic (exact) mass is 237 g/mol. The lowest BCUT2D eigenvalue weighted by Gasteiger charge is -2.22. The first-order valence-electron chi connectivity index (χ1n) is 6.44. The van der Waals surface area contributed by atoms with Gasteiger partial charge in [-0.1, -0.05) is 32.9 Å². The van der Waals surface area contributed by atoms with Crippen molar-refractivity contribution in [3.8, 4) is 0 Å². The molecule has 1 aromatic heterocycles. The largest absolute Gasteiger partial charge is 0.339 e. The maximum atomic E-state index is 5.81. The Kier molecular flexibility index (Phi) is 3.25. The highest BCUT2D eigenvalue weighted by Gasteiger charge is 2.38.